The molecule has 0 spiro atoms. The monoisotopic (exact) mass is 356 g/mol. The van der Waals surface area contributed by atoms with Crippen LogP contribution in [0, 0.1) is 6.92 Å². The van der Waals surface area contributed by atoms with E-state index in [4.69, 9.17) is 9.84 Å². The van der Waals surface area contributed by atoms with Crippen LogP contribution in [0.3, 0.4) is 0 Å². The summed E-state index contributed by atoms with van der Waals surface area (Å²) < 4.78 is 5.69. The molecule has 6 nitrogen and oxygen atoms in total. The summed E-state index contributed by atoms with van der Waals surface area (Å²) in [5.74, 6) is -0.448. The van der Waals surface area contributed by atoms with Gasteiger partial charge in [0.15, 0.2) is 0 Å². The van der Waals surface area contributed by atoms with Crippen molar-refractivity contribution in [3.8, 4) is 5.75 Å². The third kappa shape index (κ3) is 6.20. The van der Waals surface area contributed by atoms with Gasteiger partial charge in [-0.1, -0.05) is 12.1 Å². The van der Waals surface area contributed by atoms with E-state index in [0.29, 0.717) is 24.3 Å². The zero-order chi connectivity index (χ0) is 19.2. The second-order valence-electron chi connectivity index (χ2n) is 6.86. The summed E-state index contributed by atoms with van der Waals surface area (Å²) in [7, 11) is 0. The molecule has 0 aliphatic heterocycles. The number of benzene rings is 1. The number of ether oxygens (including phenoxy) is 1. The molecule has 0 atom stereocenters. The third-order valence-corrected chi connectivity index (χ3v) is 3.89. The highest BCUT2D eigenvalue weighted by atomic mass is 16.5. The van der Waals surface area contributed by atoms with Crippen molar-refractivity contribution in [1.82, 2.24) is 10.3 Å². The molecule has 0 aliphatic carbocycles. The Morgan fingerprint density at radius 3 is 2.65 bits per heavy atom. The standard InChI is InChI=1S/C20H24N2O4/c1-14-7-8-17(12-21-14)26-13-15-5-4-6-16(11-15)19(25)22-20(2,3)10-9-18(23)24/h4-8,11-12H,9-10,13H2,1-3H3,(H,22,25)(H,23,24). The van der Waals surface area contributed by atoms with E-state index in [1.54, 1.807) is 24.4 Å². The third-order valence-electron chi connectivity index (χ3n) is 3.89. The fourth-order valence-electron chi connectivity index (χ4n) is 2.37. The van der Waals surface area contributed by atoms with E-state index >= 15 is 0 Å². The van der Waals surface area contributed by atoms with Crippen LogP contribution < -0.4 is 10.1 Å². The number of carboxylic acid groups (broad SMARTS) is 1. The Bertz CT molecular complexity index is 770. The number of hydrogen-bond acceptors (Lipinski definition) is 4. The molecule has 0 radical (unpaired) electrons. The normalized spacial score (nSPS) is 11.0. The zero-order valence-electron chi connectivity index (χ0n) is 15.3. The van der Waals surface area contributed by atoms with Gasteiger partial charge in [0.05, 0.1) is 6.20 Å². The van der Waals surface area contributed by atoms with Gasteiger partial charge in [0.2, 0.25) is 0 Å². The molecule has 6 heteroatoms. The summed E-state index contributed by atoms with van der Waals surface area (Å²) in [6.07, 6.45) is 2.03. The number of hydrogen-bond donors (Lipinski definition) is 2. The number of aryl methyl sites for hydroxylation is 1. The Kier molecular flexibility index (Phi) is 6.33. The lowest BCUT2D eigenvalue weighted by atomic mass is 9.97. The number of rotatable bonds is 8. The van der Waals surface area contributed by atoms with Crippen molar-refractivity contribution in [3.63, 3.8) is 0 Å². The van der Waals surface area contributed by atoms with Crippen LogP contribution in [0.4, 0.5) is 0 Å². The summed E-state index contributed by atoms with van der Waals surface area (Å²) in [5, 5.41) is 11.7. The van der Waals surface area contributed by atoms with Crippen LogP contribution in [0.25, 0.3) is 0 Å². The summed E-state index contributed by atoms with van der Waals surface area (Å²) in [6.45, 7) is 5.86. The minimum Gasteiger partial charge on any atom is -0.487 e. The largest absolute Gasteiger partial charge is 0.487 e. The van der Waals surface area contributed by atoms with Gasteiger partial charge in [0.25, 0.3) is 5.91 Å². The number of pyridine rings is 1. The maximum absolute atomic E-state index is 12.5. The van der Waals surface area contributed by atoms with Gasteiger partial charge < -0.3 is 15.2 Å². The van der Waals surface area contributed by atoms with Crippen LogP contribution in [0.15, 0.2) is 42.6 Å². The van der Waals surface area contributed by atoms with Crippen LogP contribution in [-0.4, -0.2) is 27.5 Å². The fraction of sp³-hybridized carbons (Fsp3) is 0.350. The first kappa shape index (κ1) is 19.4. The van der Waals surface area contributed by atoms with E-state index in [1.807, 2.05) is 39.0 Å². The lowest BCUT2D eigenvalue weighted by molar-refractivity contribution is -0.137. The molecule has 2 rings (SSSR count). The van der Waals surface area contributed by atoms with Gasteiger partial charge in [0, 0.05) is 23.2 Å². The molecule has 1 heterocycles. The Morgan fingerprint density at radius 1 is 1.23 bits per heavy atom. The minimum atomic E-state index is -0.878. The van der Waals surface area contributed by atoms with E-state index in [-0.39, 0.29) is 12.3 Å². The number of aliphatic carboxylic acids is 1. The van der Waals surface area contributed by atoms with Gasteiger partial charge in [-0.05, 0) is 57.0 Å². The summed E-state index contributed by atoms with van der Waals surface area (Å²) >= 11 is 0. The molecule has 1 aromatic heterocycles. The molecule has 138 valence electrons. The first-order chi connectivity index (χ1) is 12.2. The van der Waals surface area contributed by atoms with E-state index in [9.17, 15) is 9.59 Å². The Hall–Kier alpha value is -2.89. The second kappa shape index (κ2) is 8.47. The van der Waals surface area contributed by atoms with E-state index in [2.05, 4.69) is 10.3 Å². The highest BCUT2D eigenvalue weighted by Gasteiger charge is 2.22. The van der Waals surface area contributed by atoms with Gasteiger partial charge in [-0.2, -0.15) is 0 Å². The zero-order valence-corrected chi connectivity index (χ0v) is 15.3. The molecular formula is C20H24N2O4. The van der Waals surface area contributed by atoms with Crippen molar-refractivity contribution in [2.45, 2.75) is 45.8 Å². The molecular weight excluding hydrogens is 332 g/mol. The maximum Gasteiger partial charge on any atom is 0.303 e. The molecule has 0 saturated carbocycles. The van der Waals surface area contributed by atoms with Gasteiger partial charge >= 0.3 is 5.97 Å². The lowest BCUT2D eigenvalue weighted by Crippen LogP contribution is -2.43. The number of aromatic nitrogens is 1. The van der Waals surface area contributed by atoms with Gasteiger partial charge in [-0.25, -0.2) is 0 Å². The van der Waals surface area contributed by atoms with E-state index in [0.717, 1.165) is 11.3 Å². The Morgan fingerprint density at radius 2 is 2.00 bits per heavy atom. The number of amides is 1. The van der Waals surface area contributed by atoms with E-state index < -0.39 is 11.5 Å². The summed E-state index contributed by atoms with van der Waals surface area (Å²) in [5.41, 5.74) is 1.69. The van der Waals surface area contributed by atoms with Crippen molar-refractivity contribution in [2.24, 2.45) is 0 Å². The van der Waals surface area contributed by atoms with Crippen molar-refractivity contribution < 1.29 is 19.4 Å². The van der Waals surface area contributed by atoms with Crippen LogP contribution in [0.1, 0.15) is 48.3 Å². The second-order valence-corrected chi connectivity index (χ2v) is 6.86. The van der Waals surface area contributed by atoms with Crippen LogP contribution in [-0.2, 0) is 11.4 Å². The molecule has 26 heavy (non-hydrogen) atoms. The molecule has 0 saturated heterocycles. The topological polar surface area (TPSA) is 88.5 Å². The molecule has 0 fully saturated rings. The molecule has 2 aromatic rings. The average Bonchev–Trinajstić information content (AvgIpc) is 2.59. The fourth-order valence-corrected chi connectivity index (χ4v) is 2.37. The smallest absolute Gasteiger partial charge is 0.303 e. The average molecular weight is 356 g/mol. The van der Waals surface area contributed by atoms with Crippen LogP contribution in [0.5, 0.6) is 5.75 Å². The van der Waals surface area contributed by atoms with Crippen molar-refractivity contribution in [1.29, 1.82) is 0 Å². The quantitative estimate of drug-likeness (QED) is 0.757. The summed E-state index contributed by atoms with van der Waals surface area (Å²) in [4.78, 5) is 27.4. The van der Waals surface area contributed by atoms with Crippen LogP contribution >= 0.6 is 0 Å². The number of nitrogens with zero attached hydrogens (tertiary/aromatic N) is 1. The summed E-state index contributed by atoms with van der Waals surface area (Å²) in [6, 6.07) is 10.9. The predicted molar refractivity (Wildman–Crippen MR) is 98.2 cm³/mol. The Labute approximate surface area is 153 Å². The number of carboxylic acids is 1. The first-order valence-corrected chi connectivity index (χ1v) is 8.44. The van der Waals surface area contributed by atoms with Gasteiger partial charge in [0.1, 0.15) is 12.4 Å². The first-order valence-electron chi connectivity index (χ1n) is 8.44. The number of carbonyl (C=O) groups is 2. The lowest BCUT2D eigenvalue weighted by Gasteiger charge is -2.25. The highest BCUT2D eigenvalue weighted by Crippen LogP contribution is 2.15. The highest BCUT2D eigenvalue weighted by molar-refractivity contribution is 5.94. The predicted octanol–water partition coefficient (Wildman–Crippen LogP) is 3.34. The number of carbonyl (C=O) groups excluding carboxylic acids is 1. The molecule has 0 aliphatic rings. The van der Waals surface area contributed by atoms with Crippen LogP contribution in [0.2, 0.25) is 0 Å². The van der Waals surface area contributed by atoms with E-state index in [1.165, 1.54) is 0 Å². The molecule has 0 unspecified atom stereocenters. The minimum absolute atomic E-state index is 0.00570. The molecule has 2 N–H and O–H groups in total. The number of nitrogens with one attached hydrogen (secondary N) is 1. The molecule has 0 bridgehead atoms. The SMILES string of the molecule is Cc1ccc(OCc2cccc(C(=O)NC(C)(C)CCC(=O)O)c2)cn1. The molecule has 1 amide bonds. The van der Waals surface area contributed by atoms with Crippen molar-refractivity contribution >= 4 is 11.9 Å². The van der Waals surface area contributed by atoms with Gasteiger partial charge in [-0.3, -0.25) is 14.6 Å². The maximum atomic E-state index is 12.5. The molecule has 1 aromatic carbocycles. The van der Waals surface area contributed by atoms with Crippen molar-refractivity contribution in [3.05, 3.63) is 59.4 Å². The van der Waals surface area contributed by atoms with Crippen molar-refractivity contribution in [2.75, 3.05) is 0 Å². The Balaban J connectivity index is 1.97. The van der Waals surface area contributed by atoms with Gasteiger partial charge in [-0.15, -0.1) is 0 Å².